The lowest BCUT2D eigenvalue weighted by molar-refractivity contribution is 1.71. The van der Waals surface area contributed by atoms with Crippen molar-refractivity contribution >= 4 is 36.0 Å². The second-order valence-corrected chi connectivity index (χ2v) is 7.54. The lowest BCUT2D eigenvalue weighted by Gasteiger charge is -2.16. The molecule has 0 unspecified atom stereocenters. The summed E-state index contributed by atoms with van der Waals surface area (Å²) in [4.78, 5) is 0. The number of hydrogen-bond donors (Lipinski definition) is 0. The Balaban J connectivity index is 2.14. The Morgan fingerprint density at radius 3 is 1.55 bits per heavy atom. The minimum absolute atomic E-state index is 0.803. The maximum atomic E-state index is 6.18. The quantitative estimate of drug-likeness (QED) is 0.515. The van der Waals surface area contributed by atoms with Gasteiger partial charge in [-0.05, 0) is 17.3 Å². The monoisotopic (exact) mass is 293 g/mol. The van der Waals surface area contributed by atoms with Crippen molar-refractivity contribution in [3.8, 4) is 0 Å². The summed E-state index contributed by atoms with van der Waals surface area (Å²) in [6.45, 7) is 0. The molecule has 0 saturated heterocycles. The summed E-state index contributed by atoms with van der Waals surface area (Å²) in [6, 6.07) is 29.6. The second kappa shape index (κ2) is 6.08. The predicted octanol–water partition coefficient (Wildman–Crippen LogP) is 2.86. The second-order valence-electron chi connectivity index (χ2n) is 4.62. The van der Waals surface area contributed by atoms with E-state index in [-0.39, 0.29) is 0 Å². The first-order valence-corrected chi connectivity index (χ1v) is 8.46. The van der Waals surface area contributed by atoms with Crippen molar-refractivity contribution < 1.29 is 0 Å². The number of halogens is 1. The normalized spacial score (nSPS) is 10.7. The Morgan fingerprint density at radius 2 is 1.05 bits per heavy atom. The molecule has 0 nitrogen and oxygen atoms in total. The van der Waals surface area contributed by atoms with E-state index in [1.807, 2.05) is 12.1 Å². The summed E-state index contributed by atoms with van der Waals surface area (Å²) in [5.41, 5.74) is 0. The van der Waals surface area contributed by atoms with Crippen LogP contribution in [0, 0.1) is 0 Å². The Kier molecular flexibility index (Phi) is 4.00. The van der Waals surface area contributed by atoms with Gasteiger partial charge in [-0.15, -0.1) is 0 Å². The third-order valence-electron chi connectivity index (χ3n) is 3.24. The predicted molar refractivity (Wildman–Crippen MR) is 89.0 cm³/mol. The largest absolute Gasteiger partial charge is 0.154 e. The average molecular weight is 294 g/mol. The van der Waals surface area contributed by atoms with Gasteiger partial charge in [0.2, 0.25) is 0 Å². The molecule has 3 aromatic carbocycles. The highest BCUT2D eigenvalue weighted by Crippen LogP contribution is 2.05. The van der Waals surface area contributed by atoms with Gasteiger partial charge in [0, 0.05) is 5.02 Å². The van der Waals surface area contributed by atoms with Gasteiger partial charge < -0.3 is 0 Å². The van der Waals surface area contributed by atoms with E-state index in [0.717, 1.165) is 5.02 Å². The van der Waals surface area contributed by atoms with Gasteiger partial charge in [-0.1, -0.05) is 94.8 Å². The highest BCUT2D eigenvalue weighted by atomic mass is 35.5. The molecule has 0 bridgehead atoms. The number of hydrogen-bond acceptors (Lipinski definition) is 0. The van der Waals surface area contributed by atoms with Crippen LogP contribution in [0.15, 0.2) is 84.9 Å². The molecule has 0 atom stereocenters. The molecule has 2 heteroatoms. The molecule has 97 valence electrons. The molecule has 0 fully saturated rings. The molecule has 0 N–H and O–H groups in total. The molecule has 0 aliphatic carbocycles. The van der Waals surface area contributed by atoms with E-state index < -0.39 is 8.80 Å². The lowest BCUT2D eigenvalue weighted by atomic mass is 10.3. The van der Waals surface area contributed by atoms with Gasteiger partial charge in [0.1, 0.15) is 0 Å². The molecule has 0 aromatic heterocycles. The minimum Gasteiger partial charge on any atom is -0.0843 e. The van der Waals surface area contributed by atoms with Crippen LogP contribution < -0.4 is 15.6 Å². The summed E-state index contributed by atoms with van der Waals surface area (Å²) < 4.78 is 0. The third-order valence-corrected chi connectivity index (χ3v) is 6.18. The third kappa shape index (κ3) is 2.84. The Hall–Kier alpha value is -1.83. The van der Waals surface area contributed by atoms with Crippen molar-refractivity contribution in [1.82, 2.24) is 0 Å². The van der Waals surface area contributed by atoms with E-state index in [1.165, 1.54) is 15.6 Å². The topological polar surface area (TPSA) is 0 Å². The van der Waals surface area contributed by atoms with Crippen LogP contribution in [0.4, 0.5) is 0 Å². The van der Waals surface area contributed by atoms with Crippen molar-refractivity contribution in [2.75, 3.05) is 0 Å². The van der Waals surface area contributed by atoms with Gasteiger partial charge in [-0.3, -0.25) is 0 Å². The molecule has 0 aliphatic rings. The van der Waals surface area contributed by atoms with Crippen LogP contribution in [0.2, 0.25) is 5.02 Å². The van der Waals surface area contributed by atoms with Gasteiger partial charge in [-0.25, -0.2) is 0 Å². The van der Waals surface area contributed by atoms with Crippen molar-refractivity contribution in [3.63, 3.8) is 0 Å². The highest BCUT2D eigenvalue weighted by molar-refractivity contribution is 6.95. The standard InChI is InChI=1S/C18H14ClSi/c19-15-8-7-13-18(14-15)20(16-9-3-1-4-10-16)17-11-5-2-6-12-17/h1-14H. The van der Waals surface area contributed by atoms with E-state index in [0.29, 0.717) is 0 Å². The maximum Gasteiger partial charge on any atom is 0.154 e. The van der Waals surface area contributed by atoms with Crippen LogP contribution in [0.3, 0.4) is 0 Å². The smallest absolute Gasteiger partial charge is 0.0843 e. The first-order valence-electron chi connectivity index (χ1n) is 6.58. The fourth-order valence-electron chi connectivity index (χ4n) is 2.35. The summed E-state index contributed by atoms with van der Waals surface area (Å²) in [7, 11) is -0.984. The van der Waals surface area contributed by atoms with Crippen LogP contribution >= 0.6 is 11.6 Å². The molecule has 0 saturated carbocycles. The van der Waals surface area contributed by atoms with Crippen LogP contribution in [-0.2, 0) is 0 Å². The first kappa shape index (κ1) is 13.2. The summed E-state index contributed by atoms with van der Waals surface area (Å²) in [5.74, 6) is 0. The van der Waals surface area contributed by atoms with Gasteiger partial charge in [0.15, 0.2) is 8.80 Å². The molecule has 0 aliphatic heterocycles. The van der Waals surface area contributed by atoms with Crippen LogP contribution in [-0.4, -0.2) is 8.80 Å². The van der Waals surface area contributed by atoms with Crippen molar-refractivity contribution in [1.29, 1.82) is 0 Å². The summed E-state index contributed by atoms with van der Waals surface area (Å²) in [6.07, 6.45) is 0. The molecule has 1 radical (unpaired) electrons. The van der Waals surface area contributed by atoms with E-state index in [1.54, 1.807) is 0 Å². The number of benzene rings is 3. The maximum absolute atomic E-state index is 6.18. The van der Waals surface area contributed by atoms with Gasteiger partial charge in [0.05, 0.1) is 0 Å². The van der Waals surface area contributed by atoms with E-state index in [4.69, 9.17) is 11.6 Å². The summed E-state index contributed by atoms with van der Waals surface area (Å²) >= 11 is 6.18. The molecule has 0 heterocycles. The Labute approximate surface area is 126 Å². The van der Waals surface area contributed by atoms with E-state index in [9.17, 15) is 0 Å². The Morgan fingerprint density at radius 1 is 0.550 bits per heavy atom. The van der Waals surface area contributed by atoms with Crippen molar-refractivity contribution in [3.05, 3.63) is 90.0 Å². The fourth-order valence-corrected chi connectivity index (χ4v) is 5.25. The van der Waals surface area contributed by atoms with Crippen molar-refractivity contribution in [2.24, 2.45) is 0 Å². The molecule has 20 heavy (non-hydrogen) atoms. The zero-order valence-corrected chi connectivity index (χ0v) is 12.7. The van der Waals surface area contributed by atoms with Gasteiger partial charge >= 0.3 is 0 Å². The van der Waals surface area contributed by atoms with Crippen LogP contribution in [0.1, 0.15) is 0 Å². The van der Waals surface area contributed by atoms with Gasteiger partial charge in [0.25, 0.3) is 0 Å². The molecule has 3 aromatic rings. The fraction of sp³-hybridized carbons (Fsp3) is 0. The lowest BCUT2D eigenvalue weighted by Crippen LogP contribution is -2.51. The van der Waals surface area contributed by atoms with E-state index in [2.05, 4.69) is 72.8 Å². The van der Waals surface area contributed by atoms with Crippen LogP contribution in [0.25, 0.3) is 0 Å². The average Bonchev–Trinajstić information content (AvgIpc) is 2.50. The van der Waals surface area contributed by atoms with Crippen molar-refractivity contribution in [2.45, 2.75) is 0 Å². The van der Waals surface area contributed by atoms with E-state index >= 15 is 0 Å². The molecular weight excluding hydrogens is 280 g/mol. The first-order chi connectivity index (χ1) is 9.84. The molecule has 0 spiro atoms. The molecule has 0 amide bonds. The zero-order chi connectivity index (χ0) is 13.8. The SMILES string of the molecule is Clc1cccc([Si](c2ccccc2)c2ccccc2)c1. The molecule has 3 rings (SSSR count). The zero-order valence-electron chi connectivity index (χ0n) is 11.0. The van der Waals surface area contributed by atoms with Gasteiger partial charge in [-0.2, -0.15) is 0 Å². The number of rotatable bonds is 3. The minimum atomic E-state index is -0.984. The van der Waals surface area contributed by atoms with Crippen LogP contribution in [0.5, 0.6) is 0 Å². The molecular formula is C18H14ClSi. The highest BCUT2D eigenvalue weighted by Gasteiger charge is 2.19. The summed E-state index contributed by atoms with van der Waals surface area (Å²) in [5, 5.41) is 4.88. The Bertz CT molecular complexity index is 641.